The standard InChI is InChI=1S/C15H28N2O3/c1-4-19-12-9-15(16,14(12,2)3)13(18)17-10-11-7-5-6-8-20-11/h11-12H,4-10,16H2,1-3H3,(H,17,18). The van der Waals surface area contributed by atoms with Crippen LogP contribution in [0.1, 0.15) is 46.5 Å². The summed E-state index contributed by atoms with van der Waals surface area (Å²) >= 11 is 0. The quantitative estimate of drug-likeness (QED) is 0.795. The number of hydrogen-bond acceptors (Lipinski definition) is 4. The molecule has 3 unspecified atom stereocenters. The number of amides is 1. The summed E-state index contributed by atoms with van der Waals surface area (Å²) in [5.41, 5.74) is 5.16. The molecule has 1 amide bonds. The second-order valence-corrected chi connectivity index (χ2v) is 6.54. The van der Waals surface area contributed by atoms with Crippen LogP contribution in [0, 0.1) is 5.41 Å². The van der Waals surface area contributed by atoms with Crippen LogP contribution in [-0.4, -0.2) is 43.4 Å². The first kappa shape index (κ1) is 15.7. The highest BCUT2D eigenvalue weighted by Crippen LogP contribution is 2.49. The van der Waals surface area contributed by atoms with E-state index in [1.165, 1.54) is 6.42 Å². The van der Waals surface area contributed by atoms with Gasteiger partial charge in [0.1, 0.15) is 5.54 Å². The van der Waals surface area contributed by atoms with Gasteiger partial charge in [-0.1, -0.05) is 13.8 Å². The molecule has 0 spiro atoms. The van der Waals surface area contributed by atoms with Crippen LogP contribution in [0.4, 0.5) is 0 Å². The minimum atomic E-state index is -0.832. The van der Waals surface area contributed by atoms with E-state index in [4.69, 9.17) is 15.2 Å². The van der Waals surface area contributed by atoms with Gasteiger partial charge in [0.05, 0.1) is 12.2 Å². The van der Waals surface area contributed by atoms with Crippen LogP contribution in [0.15, 0.2) is 0 Å². The van der Waals surface area contributed by atoms with Crippen molar-refractivity contribution in [3.63, 3.8) is 0 Å². The van der Waals surface area contributed by atoms with Crippen LogP contribution in [0.3, 0.4) is 0 Å². The number of nitrogens with two attached hydrogens (primary N) is 1. The summed E-state index contributed by atoms with van der Waals surface area (Å²) in [6, 6.07) is 0. The Kier molecular flexibility index (Phi) is 4.72. The molecule has 0 bridgehead atoms. The van der Waals surface area contributed by atoms with Crippen LogP contribution >= 0.6 is 0 Å². The van der Waals surface area contributed by atoms with E-state index < -0.39 is 5.54 Å². The highest BCUT2D eigenvalue weighted by Gasteiger charge is 2.62. The van der Waals surface area contributed by atoms with Gasteiger partial charge in [-0.3, -0.25) is 4.79 Å². The van der Waals surface area contributed by atoms with E-state index in [0.717, 1.165) is 19.4 Å². The Morgan fingerprint density at radius 3 is 2.75 bits per heavy atom. The summed E-state index contributed by atoms with van der Waals surface area (Å²) in [4.78, 5) is 12.4. The van der Waals surface area contributed by atoms with E-state index >= 15 is 0 Å². The maximum atomic E-state index is 12.4. The maximum Gasteiger partial charge on any atom is 0.240 e. The first-order valence-corrected chi connectivity index (χ1v) is 7.72. The van der Waals surface area contributed by atoms with Gasteiger partial charge in [0.2, 0.25) is 5.91 Å². The lowest BCUT2D eigenvalue weighted by Gasteiger charge is -2.57. The fourth-order valence-corrected chi connectivity index (χ4v) is 3.15. The molecule has 1 aliphatic heterocycles. The SMILES string of the molecule is CCOC1CC(N)(C(=O)NCC2CCCCO2)C1(C)C. The minimum absolute atomic E-state index is 0.0641. The monoisotopic (exact) mass is 284 g/mol. The molecular formula is C15H28N2O3. The van der Waals surface area contributed by atoms with Gasteiger partial charge in [-0.05, 0) is 26.2 Å². The van der Waals surface area contributed by atoms with E-state index in [-0.39, 0.29) is 23.5 Å². The molecule has 1 saturated carbocycles. The van der Waals surface area contributed by atoms with Gasteiger partial charge in [0.25, 0.3) is 0 Å². The lowest BCUT2D eigenvalue weighted by molar-refractivity contribution is -0.171. The molecule has 3 N–H and O–H groups in total. The van der Waals surface area contributed by atoms with E-state index in [1.54, 1.807) is 0 Å². The van der Waals surface area contributed by atoms with Gasteiger partial charge in [0.15, 0.2) is 0 Å². The van der Waals surface area contributed by atoms with Gasteiger partial charge >= 0.3 is 0 Å². The predicted octanol–water partition coefficient (Wildman–Crippen LogP) is 1.20. The lowest BCUT2D eigenvalue weighted by atomic mass is 9.54. The number of rotatable bonds is 5. The molecule has 2 rings (SSSR count). The van der Waals surface area contributed by atoms with Crippen LogP contribution in [-0.2, 0) is 14.3 Å². The molecule has 1 saturated heterocycles. The van der Waals surface area contributed by atoms with Gasteiger partial charge in [0, 0.05) is 31.6 Å². The second-order valence-electron chi connectivity index (χ2n) is 6.54. The Labute approximate surface area is 121 Å². The summed E-state index contributed by atoms with van der Waals surface area (Å²) in [5.74, 6) is -0.0763. The third kappa shape index (κ3) is 2.71. The summed E-state index contributed by atoms with van der Waals surface area (Å²) in [6.07, 6.45) is 4.10. The average molecular weight is 284 g/mol. The van der Waals surface area contributed by atoms with Gasteiger partial charge in [-0.15, -0.1) is 0 Å². The predicted molar refractivity (Wildman–Crippen MR) is 77.3 cm³/mol. The average Bonchev–Trinajstić information content (AvgIpc) is 2.45. The summed E-state index contributed by atoms with van der Waals surface area (Å²) in [6.45, 7) is 8.00. The first-order chi connectivity index (χ1) is 9.41. The number of carbonyl (C=O) groups excluding carboxylic acids is 1. The van der Waals surface area contributed by atoms with Crippen LogP contribution in [0.2, 0.25) is 0 Å². The van der Waals surface area contributed by atoms with E-state index in [2.05, 4.69) is 5.32 Å². The number of ether oxygens (including phenoxy) is 2. The second kappa shape index (κ2) is 6.00. The van der Waals surface area contributed by atoms with Crippen molar-refractivity contribution in [2.75, 3.05) is 19.8 Å². The smallest absolute Gasteiger partial charge is 0.240 e. The minimum Gasteiger partial charge on any atom is -0.378 e. The molecule has 116 valence electrons. The highest BCUT2D eigenvalue weighted by molar-refractivity contribution is 5.88. The molecule has 0 radical (unpaired) electrons. The third-order valence-corrected chi connectivity index (χ3v) is 5.00. The Morgan fingerprint density at radius 2 is 2.20 bits per heavy atom. The van der Waals surface area contributed by atoms with Crippen LogP contribution in [0.25, 0.3) is 0 Å². The van der Waals surface area contributed by atoms with Gasteiger partial charge in [-0.2, -0.15) is 0 Å². The van der Waals surface area contributed by atoms with E-state index in [0.29, 0.717) is 19.6 Å². The Balaban J connectivity index is 1.85. The third-order valence-electron chi connectivity index (χ3n) is 5.00. The maximum absolute atomic E-state index is 12.4. The zero-order valence-electron chi connectivity index (χ0n) is 12.9. The fraction of sp³-hybridized carbons (Fsp3) is 0.933. The number of nitrogens with one attached hydrogen (secondary N) is 1. The topological polar surface area (TPSA) is 73.6 Å². The first-order valence-electron chi connectivity index (χ1n) is 7.72. The van der Waals surface area contributed by atoms with Gasteiger partial charge in [-0.25, -0.2) is 0 Å². The van der Waals surface area contributed by atoms with Crippen molar-refractivity contribution < 1.29 is 14.3 Å². The zero-order valence-corrected chi connectivity index (χ0v) is 12.9. The molecule has 5 heteroatoms. The van der Waals surface area contributed by atoms with Crippen molar-refractivity contribution in [1.29, 1.82) is 0 Å². The van der Waals surface area contributed by atoms with E-state index in [9.17, 15) is 4.79 Å². The lowest BCUT2D eigenvalue weighted by Crippen LogP contribution is -2.76. The van der Waals surface area contributed by atoms with Crippen molar-refractivity contribution >= 4 is 5.91 Å². The summed E-state index contributed by atoms with van der Waals surface area (Å²) in [5, 5.41) is 2.97. The van der Waals surface area contributed by atoms with Crippen molar-refractivity contribution in [3.8, 4) is 0 Å². The molecule has 0 aromatic rings. The molecule has 1 heterocycles. The highest BCUT2D eigenvalue weighted by atomic mass is 16.5. The van der Waals surface area contributed by atoms with Crippen molar-refractivity contribution in [2.24, 2.45) is 11.1 Å². The summed E-state index contributed by atoms with van der Waals surface area (Å²) in [7, 11) is 0. The van der Waals surface area contributed by atoms with Crippen LogP contribution in [0.5, 0.6) is 0 Å². The number of carbonyl (C=O) groups is 1. The normalized spacial score (nSPS) is 36.2. The Morgan fingerprint density at radius 1 is 1.45 bits per heavy atom. The molecule has 2 aliphatic rings. The molecular weight excluding hydrogens is 256 g/mol. The summed E-state index contributed by atoms with van der Waals surface area (Å²) < 4.78 is 11.3. The fourth-order valence-electron chi connectivity index (χ4n) is 3.15. The molecule has 3 atom stereocenters. The van der Waals surface area contributed by atoms with Crippen LogP contribution < -0.4 is 11.1 Å². The number of hydrogen-bond donors (Lipinski definition) is 2. The zero-order chi connectivity index (χ0) is 14.8. The molecule has 2 fully saturated rings. The Bertz CT molecular complexity index is 353. The molecule has 0 aromatic heterocycles. The van der Waals surface area contributed by atoms with Crippen molar-refractivity contribution in [3.05, 3.63) is 0 Å². The van der Waals surface area contributed by atoms with E-state index in [1.807, 2.05) is 20.8 Å². The van der Waals surface area contributed by atoms with Crippen molar-refractivity contribution in [2.45, 2.75) is 64.2 Å². The largest absolute Gasteiger partial charge is 0.378 e. The Hall–Kier alpha value is -0.650. The van der Waals surface area contributed by atoms with Gasteiger partial charge < -0.3 is 20.5 Å². The molecule has 0 aromatic carbocycles. The molecule has 5 nitrogen and oxygen atoms in total. The molecule has 20 heavy (non-hydrogen) atoms. The van der Waals surface area contributed by atoms with Crippen molar-refractivity contribution in [1.82, 2.24) is 5.32 Å². The molecule has 1 aliphatic carbocycles.